The first kappa shape index (κ1) is 11.1. The minimum absolute atomic E-state index is 0.110. The number of hydrogen-bond donors (Lipinski definition) is 2. The van der Waals surface area contributed by atoms with Crippen LogP contribution in [0.2, 0.25) is 0 Å². The molecule has 0 spiro atoms. The van der Waals surface area contributed by atoms with Crippen LogP contribution in [-0.2, 0) is 0 Å². The molecule has 3 heteroatoms. The summed E-state index contributed by atoms with van der Waals surface area (Å²) in [6.45, 7) is 8.03. The standard InChI is InChI=1S/C13H18O3/c1-7-5-9(14)11(15)12-10(7)8(2)6-13(3,4)16-12/h5,8,14-15H,6H2,1-4H3. The number of aryl methyl sites for hydroxylation is 1. The zero-order chi connectivity index (χ0) is 12.1. The van der Waals surface area contributed by atoms with Crippen molar-refractivity contribution in [1.29, 1.82) is 0 Å². The molecule has 1 aliphatic heterocycles. The maximum absolute atomic E-state index is 9.84. The minimum Gasteiger partial charge on any atom is -0.504 e. The predicted octanol–water partition coefficient (Wildman–Crippen LogP) is 3.07. The third kappa shape index (κ3) is 1.60. The molecule has 0 saturated heterocycles. The molecule has 88 valence electrons. The van der Waals surface area contributed by atoms with Gasteiger partial charge in [0.25, 0.3) is 0 Å². The number of hydrogen-bond acceptors (Lipinski definition) is 3. The largest absolute Gasteiger partial charge is 0.504 e. The molecule has 1 aromatic rings. The summed E-state index contributed by atoms with van der Waals surface area (Å²) in [6, 6.07) is 1.59. The Morgan fingerprint density at radius 1 is 1.38 bits per heavy atom. The van der Waals surface area contributed by atoms with Crippen LogP contribution >= 0.6 is 0 Å². The van der Waals surface area contributed by atoms with E-state index in [9.17, 15) is 10.2 Å². The molecule has 0 aliphatic carbocycles. The van der Waals surface area contributed by atoms with Crippen LogP contribution in [-0.4, -0.2) is 15.8 Å². The van der Waals surface area contributed by atoms with Gasteiger partial charge >= 0.3 is 0 Å². The molecular weight excluding hydrogens is 204 g/mol. The predicted molar refractivity (Wildman–Crippen MR) is 62.2 cm³/mol. The molecular formula is C13H18O3. The number of rotatable bonds is 0. The highest BCUT2D eigenvalue weighted by molar-refractivity contribution is 5.59. The number of ether oxygens (including phenoxy) is 1. The van der Waals surface area contributed by atoms with E-state index in [0.29, 0.717) is 11.7 Å². The second kappa shape index (κ2) is 3.30. The Morgan fingerprint density at radius 3 is 2.62 bits per heavy atom. The Hall–Kier alpha value is -1.38. The first-order chi connectivity index (χ1) is 7.32. The molecule has 1 atom stereocenters. The smallest absolute Gasteiger partial charge is 0.200 e. The van der Waals surface area contributed by atoms with Gasteiger partial charge in [-0.15, -0.1) is 0 Å². The van der Waals surface area contributed by atoms with Crippen LogP contribution in [0.4, 0.5) is 0 Å². The van der Waals surface area contributed by atoms with Gasteiger partial charge in [0.05, 0.1) is 0 Å². The highest BCUT2D eigenvalue weighted by Crippen LogP contribution is 2.50. The summed E-state index contributed by atoms with van der Waals surface area (Å²) in [5.74, 6) is 0.521. The fourth-order valence-electron chi connectivity index (χ4n) is 2.65. The highest BCUT2D eigenvalue weighted by atomic mass is 16.5. The average molecular weight is 222 g/mol. The molecule has 1 aliphatic rings. The van der Waals surface area contributed by atoms with Gasteiger partial charge in [0, 0.05) is 5.56 Å². The van der Waals surface area contributed by atoms with E-state index in [2.05, 4.69) is 6.92 Å². The molecule has 1 unspecified atom stereocenters. The van der Waals surface area contributed by atoms with E-state index in [4.69, 9.17) is 4.74 Å². The molecule has 1 heterocycles. The summed E-state index contributed by atoms with van der Waals surface area (Å²) >= 11 is 0. The van der Waals surface area contributed by atoms with Crippen LogP contribution in [0.5, 0.6) is 17.2 Å². The second-order valence-corrected chi connectivity index (χ2v) is 5.27. The molecule has 0 bridgehead atoms. The highest BCUT2D eigenvalue weighted by Gasteiger charge is 2.35. The number of fused-ring (bicyclic) bond motifs is 1. The molecule has 2 rings (SSSR count). The van der Waals surface area contributed by atoms with E-state index in [1.54, 1.807) is 6.07 Å². The van der Waals surface area contributed by atoms with Crippen molar-refractivity contribution in [3.63, 3.8) is 0 Å². The van der Waals surface area contributed by atoms with Crippen LogP contribution < -0.4 is 4.74 Å². The van der Waals surface area contributed by atoms with Crippen LogP contribution in [0.25, 0.3) is 0 Å². The maximum atomic E-state index is 9.84. The van der Waals surface area contributed by atoms with Crippen LogP contribution in [0.1, 0.15) is 44.2 Å². The lowest BCUT2D eigenvalue weighted by molar-refractivity contribution is 0.0699. The molecule has 0 fully saturated rings. The summed E-state index contributed by atoms with van der Waals surface area (Å²) in [5, 5.41) is 19.4. The van der Waals surface area contributed by atoms with Gasteiger partial charge in [0.15, 0.2) is 11.5 Å². The molecule has 3 nitrogen and oxygen atoms in total. The van der Waals surface area contributed by atoms with Crippen molar-refractivity contribution in [2.45, 2.75) is 45.6 Å². The number of benzene rings is 1. The van der Waals surface area contributed by atoms with Gasteiger partial charge in [0.1, 0.15) is 5.60 Å². The maximum Gasteiger partial charge on any atom is 0.200 e. The molecule has 1 aromatic carbocycles. The Labute approximate surface area is 95.7 Å². The third-order valence-corrected chi connectivity index (χ3v) is 3.15. The summed E-state index contributed by atoms with van der Waals surface area (Å²) < 4.78 is 5.77. The first-order valence-corrected chi connectivity index (χ1v) is 5.56. The average Bonchev–Trinajstić information content (AvgIpc) is 2.11. The summed E-state index contributed by atoms with van der Waals surface area (Å²) in [6.07, 6.45) is 0.908. The molecule has 2 N–H and O–H groups in total. The SMILES string of the molecule is Cc1cc(O)c(O)c2c1C(C)CC(C)(C)O2. The fraction of sp³-hybridized carbons (Fsp3) is 0.538. The van der Waals surface area contributed by atoms with E-state index < -0.39 is 0 Å². The van der Waals surface area contributed by atoms with Crippen molar-refractivity contribution < 1.29 is 14.9 Å². The van der Waals surface area contributed by atoms with Crippen molar-refractivity contribution in [2.24, 2.45) is 0 Å². The van der Waals surface area contributed by atoms with E-state index in [0.717, 1.165) is 17.5 Å². The van der Waals surface area contributed by atoms with E-state index >= 15 is 0 Å². The lowest BCUT2D eigenvalue weighted by Gasteiger charge is -2.37. The Bertz CT molecular complexity index is 435. The van der Waals surface area contributed by atoms with E-state index in [1.807, 2.05) is 20.8 Å². The first-order valence-electron chi connectivity index (χ1n) is 5.56. The quantitative estimate of drug-likeness (QED) is 0.663. The monoisotopic (exact) mass is 222 g/mol. The number of phenols is 2. The van der Waals surface area contributed by atoms with Crippen molar-refractivity contribution >= 4 is 0 Å². The normalized spacial score (nSPS) is 22.4. The van der Waals surface area contributed by atoms with Crippen LogP contribution in [0, 0.1) is 6.92 Å². The zero-order valence-electron chi connectivity index (χ0n) is 10.2. The fourth-order valence-corrected chi connectivity index (χ4v) is 2.65. The number of aromatic hydroxyl groups is 2. The molecule has 16 heavy (non-hydrogen) atoms. The molecule has 0 saturated carbocycles. The minimum atomic E-state index is -0.301. The van der Waals surface area contributed by atoms with Gasteiger partial charge in [0.2, 0.25) is 5.75 Å². The van der Waals surface area contributed by atoms with Gasteiger partial charge in [-0.1, -0.05) is 6.92 Å². The van der Waals surface area contributed by atoms with Gasteiger partial charge in [-0.25, -0.2) is 0 Å². The van der Waals surface area contributed by atoms with E-state index in [1.165, 1.54) is 0 Å². The van der Waals surface area contributed by atoms with Gasteiger partial charge in [-0.3, -0.25) is 0 Å². The molecule has 0 aromatic heterocycles. The molecule has 0 amide bonds. The van der Waals surface area contributed by atoms with Crippen LogP contribution in [0.3, 0.4) is 0 Å². The van der Waals surface area contributed by atoms with Crippen molar-refractivity contribution in [1.82, 2.24) is 0 Å². The van der Waals surface area contributed by atoms with Crippen molar-refractivity contribution in [2.75, 3.05) is 0 Å². The lowest BCUT2D eigenvalue weighted by atomic mass is 9.83. The topological polar surface area (TPSA) is 49.7 Å². The van der Waals surface area contributed by atoms with Gasteiger partial charge in [-0.05, 0) is 44.7 Å². The summed E-state index contributed by atoms with van der Waals surface area (Å²) in [7, 11) is 0. The summed E-state index contributed by atoms with van der Waals surface area (Å²) in [5.41, 5.74) is 1.67. The lowest BCUT2D eigenvalue weighted by Crippen LogP contribution is -2.34. The van der Waals surface area contributed by atoms with Gasteiger partial charge < -0.3 is 14.9 Å². The Balaban J connectivity index is 2.65. The van der Waals surface area contributed by atoms with Crippen molar-refractivity contribution in [3.05, 3.63) is 17.2 Å². The zero-order valence-corrected chi connectivity index (χ0v) is 10.2. The molecule has 0 radical (unpaired) electrons. The Kier molecular flexibility index (Phi) is 2.30. The van der Waals surface area contributed by atoms with Crippen molar-refractivity contribution in [3.8, 4) is 17.2 Å². The van der Waals surface area contributed by atoms with Crippen LogP contribution in [0.15, 0.2) is 6.07 Å². The number of phenolic OH excluding ortho intramolecular Hbond substituents is 2. The van der Waals surface area contributed by atoms with E-state index in [-0.39, 0.29) is 17.1 Å². The second-order valence-electron chi connectivity index (χ2n) is 5.27. The Morgan fingerprint density at radius 2 is 2.00 bits per heavy atom. The third-order valence-electron chi connectivity index (χ3n) is 3.15. The van der Waals surface area contributed by atoms with Gasteiger partial charge in [-0.2, -0.15) is 0 Å². The summed E-state index contributed by atoms with van der Waals surface area (Å²) in [4.78, 5) is 0.